The number of halogens is 1. The van der Waals surface area contributed by atoms with E-state index in [-0.39, 0.29) is 11.9 Å². The van der Waals surface area contributed by atoms with E-state index in [0.29, 0.717) is 24.8 Å². The Bertz CT molecular complexity index is 430. The fourth-order valence-electron chi connectivity index (χ4n) is 2.38. The maximum absolute atomic E-state index is 14.3. The first kappa shape index (κ1) is 15.3. The maximum atomic E-state index is 14.3. The molecular formula is C16H25FN2O. The lowest BCUT2D eigenvalue weighted by molar-refractivity contribution is 0.122. The van der Waals surface area contributed by atoms with Crippen molar-refractivity contribution >= 4 is 5.69 Å². The highest BCUT2D eigenvalue weighted by Gasteiger charge is 2.16. The van der Waals surface area contributed by atoms with Crippen LogP contribution in [0, 0.1) is 11.7 Å². The van der Waals surface area contributed by atoms with E-state index in [2.05, 4.69) is 31.0 Å². The Morgan fingerprint density at radius 2 is 1.95 bits per heavy atom. The Hall–Kier alpha value is -1.13. The van der Waals surface area contributed by atoms with Crippen molar-refractivity contribution in [3.8, 4) is 0 Å². The molecule has 0 unspecified atom stereocenters. The number of ether oxygens (including phenoxy) is 1. The minimum atomic E-state index is -0.136. The molecule has 2 rings (SSSR count). The second kappa shape index (κ2) is 7.04. The minimum Gasteiger partial charge on any atom is -0.378 e. The van der Waals surface area contributed by atoms with E-state index in [1.165, 1.54) is 0 Å². The largest absolute Gasteiger partial charge is 0.378 e. The van der Waals surface area contributed by atoms with Crippen LogP contribution in [0.5, 0.6) is 0 Å². The average Bonchev–Trinajstić information content (AvgIpc) is 2.45. The summed E-state index contributed by atoms with van der Waals surface area (Å²) in [6.45, 7) is 10.2. The summed E-state index contributed by atoms with van der Waals surface area (Å²) >= 11 is 0. The summed E-state index contributed by atoms with van der Waals surface area (Å²) in [6, 6.07) is 5.74. The Morgan fingerprint density at radius 1 is 1.25 bits per heavy atom. The lowest BCUT2D eigenvalue weighted by Crippen LogP contribution is -2.36. The monoisotopic (exact) mass is 280 g/mol. The van der Waals surface area contributed by atoms with Gasteiger partial charge in [0.2, 0.25) is 0 Å². The van der Waals surface area contributed by atoms with Crippen LogP contribution in [0.3, 0.4) is 0 Å². The van der Waals surface area contributed by atoms with E-state index in [1.54, 1.807) is 6.07 Å². The molecule has 1 aliphatic rings. The van der Waals surface area contributed by atoms with Crippen molar-refractivity contribution in [2.45, 2.75) is 26.8 Å². The molecule has 20 heavy (non-hydrogen) atoms. The van der Waals surface area contributed by atoms with Gasteiger partial charge >= 0.3 is 0 Å². The molecule has 0 spiro atoms. The van der Waals surface area contributed by atoms with Gasteiger partial charge in [-0.05, 0) is 37.1 Å². The number of benzene rings is 1. The summed E-state index contributed by atoms with van der Waals surface area (Å²) in [5.74, 6) is 0.456. The van der Waals surface area contributed by atoms with Crippen LogP contribution in [-0.4, -0.2) is 32.8 Å². The molecule has 0 aliphatic carbocycles. The minimum absolute atomic E-state index is 0.136. The third kappa shape index (κ3) is 3.93. The molecule has 1 N–H and O–H groups in total. The van der Waals surface area contributed by atoms with Gasteiger partial charge in [-0.3, -0.25) is 0 Å². The molecule has 0 aromatic heterocycles. The van der Waals surface area contributed by atoms with E-state index in [1.807, 2.05) is 12.1 Å². The van der Waals surface area contributed by atoms with Gasteiger partial charge in [0.25, 0.3) is 0 Å². The quantitative estimate of drug-likeness (QED) is 0.897. The van der Waals surface area contributed by atoms with Crippen molar-refractivity contribution in [1.29, 1.82) is 0 Å². The van der Waals surface area contributed by atoms with Crippen molar-refractivity contribution in [2.24, 2.45) is 5.92 Å². The zero-order valence-corrected chi connectivity index (χ0v) is 12.7. The Kier molecular flexibility index (Phi) is 5.38. The van der Waals surface area contributed by atoms with Gasteiger partial charge in [-0.25, -0.2) is 4.39 Å². The van der Waals surface area contributed by atoms with Gasteiger partial charge in [0.15, 0.2) is 0 Å². The van der Waals surface area contributed by atoms with E-state index < -0.39 is 0 Å². The van der Waals surface area contributed by atoms with Gasteiger partial charge in [-0.15, -0.1) is 0 Å². The lowest BCUT2D eigenvalue weighted by atomic mass is 10.1. The number of hydrogen-bond donors (Lipinski definition) is 1. The van der Waals surface area contributed by atoms with Crippen LogP contribution in [0.4, 0.5) is 10.1 Å². The zero-order chi connectivity index (χ0) is 14.5. The summed E-state index contributed by atoms with van der Waals surface area (Å²) in [5.41, 5.74) is 1.69. The van der Waals surface area contributed by atoms with Gasteiger partial charge in [-0.2, -0.15) is 0 Å². The highest BCUT2D eigenvalue weighted by molar-refractivity contribution is 5.49. The average molecular weight is 280 g/mol. The molecule has 1 saturated heterocycles. The van der Waals surface area contributed by atoms with Crippen molar-refractivity contribution in [3.05, 3.63) is 29.6 Å². The van der Waals surface area contributed by atoms with Gasteiger partial charge in [0, 0.05) is 19.1 Å². The second-order valence-corrected chi connectivity index (χ2v) is 5.83. The number of anilines is 1. The maximum Gasteiger partial charge on any atom is 0.146 e. The predicted molar refractivity (Wildman–Crippen MR) is 80.7 cm³/mol. The van der Waals surface area contributed by atoms with Gasteiger partial charge < -0.3 is 15.0 Å². The number of nitrogens with zero attached hydrogens (tertiary/aromatic N) is 1. The molecule has 0 saturated carbocycles. The molecule has 1 aliphatic heterocycles. The third-order valence-corrected chi connectivity index (χ3v) is 3.66. The molecule has 1 aromatic rings. The third-order valence-electron chi connectivity index (χ3n) is 3.66. The first-order chi connectivity index (χ1) is 9.58. The first-order valence-corrected chi connectivity index (χ1v) is 7.43. The van der Waals surface area contributed by atoms with Gasteiger partial charge in [-0.1, -0.05) is 19.9 Å². The Balaban J connectivity index is 2.04. The van der Waals surface area contributed by atoms with Crippen LogP contribution < -0.4 is 10.2 Å². The van der Waals surface area contributed by atoms with Crippen LogP contribution in [0.2, 0.25) is 0 Å². The Labute approximate surface area is 121 Å². The van der Waals surface area contributed by atoms with Crippen LogP contribution in [-0.2, 0) is 4.74 Å². The second-order valence-electron chi connectivity index (χ2n) is 5.83. The molecule has 0 amide bonds. The number of hydrogen-bond acceptors (Lipinski definition) is 3. The van der Waals surface area contributed by atoms with E-state index >= 15 is 0 Å². The highest BCUT2D eigenvalue weighted by Crippen LogP contribution is 2.24. The van der Waals surface area contributed by atoms with Crippen molar-refractivity contribution in [1.82, 2.24) is 5.32 Å². The summed E-state index contributed by atoms with van der Waals surface area (Å²) < 4.78 is 19.6. The van der Waals surface area contributed by atoms with Gasteiger partial charge in [0.05, 0.1) is 18.9 Å². The normalized spacial score (nSPS) is 17.6. The van der Waals surface area contributed by atoms with Gasteiger partial charge in [0.1, 0.15) is 5.82 Å². The van der Waals surface area contributed by atoms with Crippen LogP contribution in [0.1, 0.15) is 32.4 Å². The number of nitrogens with one attached hydrogen (secondary N) is 1. The molecule has 1 heterocycles. The summed E-state index contributed by atoms with van der Waals surface area (Å²) in [5, 5.41) is 3.42. The molecule has 4 heteroatoms. The molecule has 0 radical (unpaired) electrons. The summed E-state index contributed by atoms with van der Waals surface area (Å²) in [7, 11) is 0. The topological polar surface area (TPSA) is 24.5 Å². The number of rotatable bonds is 5. The van der Waals surface area contributed by atoms with E-state index in [9.17, 15) is 4.39 Å². The van der Waals surface area contributed by atoms with E-state index in [4.69, 9.17) is 4.74 Å². The van der Waals surface area contributed by atoms with E-state index in [0.717, 1.165) is 25.2 Å². The van der Waals surface area contributed by atoms with Crippen molar-refractivity contribution in [3.63, 3.8) is 0 Å². The lowest BCUT2D eigenvalue weighted by Gasteiger charge is -2.29. The predicted octanol–water partition coefficient (Wildman–Crippen LogP) is 2.97. The SMILES string of the molecule is CC(C)CN[C@@H](C)c1ccc(N2CCOCC2)c(F)c1. The zero-order valence-electron chi connectivity index (χ0n) is 12.7. The summed E-state index contributed by atoms with van der Waals surface area (Å²) in [6.07, 6.45) is 0. The Morgan fingerprint density at radius 3 is 2.55 bits per heavy atom. The standard InChI is InChI=1S/C16H25FN2O/c1-12(2)11-18-13(3)14-4-5-16(15(17)10-14)19-6-8-20-9-7-19/h4-5,10,12-13,18H,6-9,11H2,1-3H3/t13-/m0/s1. The number of morpholine rings is 1. The fraction of sp³-hybridized carbons (Fsp3) is 0.625. The smallest absolute Gasteiger partial charge is 0.146 e. The highest BCUT2D eigenvalue weighted by atomic mass is 19.1. The molecule has 112 valence electrons. The summed E-state index contributed by atoms with van der Waals surface area (Å²) in [4.78, 5) is 2.05. The molecule has 1 aromatic carbocycles. The van der Waals surface area contributed by atoms with Crippen molar-refractivity contribution < 1.29 is 9.13 Å². The molecule has 3 nitrogen and oxygen atoms in total. The first-order valence-electron chi connectivity index (χ1n) is 7.43. The fourth-order valence-corrected chi connectivity index (χ4v) is 2.38. The van der Waals surface area contributed by atoms with Crippen LogP contribution in [0.15, 0.2) is 18.2 Å². The van der Waals surface area contributed by atoms with Crippen molar-refractivity contribution in [2.75, 3.05) is 37.7 Å². The molecule has 1 fully saturated rings. The molecule has 0 bridgehead atoms. The van der Waals surface area contributed by atoms with Crippen LogP contribution >= 0.6 is 0 Å². The van der Waals surface area contributed by atoms with Crippen LogP contribution in [0.25, 0.3) is 0 Å². The molecular weight excluding hydrogens is 255 g/mol. The molecule has 1 atom stereocenters.